The number of nitrogens with zero attached hydrogens (tertiary/aromatic N) is 1. The minimum atomic E-state index is -0.117. The molecule has 6 heteroatoms. The summed E-state index contributed by atoms with van der Waals surface area (Å²) in [5, 5.41) is 6.78. The van der Waals surface area contributed by atoms with Crippen molar-refractivity contribution in [1.82, 2.24) is 9.97 Å². The van der Waals surface area contributed by atoms with Crippen molar-refractivity contribution in [2.24, 2.45) is 0 Å². The van der Waals surface area contributed by atoms with Gasteiger partial charge in [-0.3, -0.25) is 9.59 Å². The Morgan fingerprint density at radius 2 is 1.96 bits per heavy atom. The second-order valence-corrected chi connectivity index (χ2v) is 7.57. The molecule has 2 heterocycles. The van der Waals surface area contributed by atoms with Crippen LogP contribution in [0.25, 0.3) is 22.2 Å². The van der Waals surface area contributed by atoms with Gasteiger partial charge in [0, 0.05) is 35.0 Å². The molecule has 0 fully saturated rings. The zero-order valence-electron chi connectivity index (χ0n) is 15.4. The number of thiazole rings is 1. The molecule has 0 atom stereocenters. The van der Waals surface area contributed by atoms with Crippen LogP contribution in [0.3, 0.4) is 0 Å². The molecule has 2 N–H and O–H groups in total. The fraction of sp³-hybridized carbons (Fsp3) is 0.136. The number of rotatable bonds is 5. The SMILES string of the molecule is Cc1cc2ccc(NC(=O)CCc3nc(-c4ccccc4)cs3)cc2[nH]c1=O. The molecule has 0 saturated carbocycles. The lowest BCUT2D eigenvalue weighted by atomic mass is 10.1. The van der Waals surface area contributed by atoms with Crippen LogP contribution in [0.1, 0.15) is 17.0 Å². The zero-order chi connectivity index (χ0) is 19.5. The first-order valence-electron chi connectivity index (χ1n) is 9.02. The number of hydrogen-bond acceptors (Lipinski definition) is 4. The average Bonchev–Trinajstić information content (AvgIpc) is 3.17. The normalized spacial score (nSPS) is 10.9. The topological polar surface area (TPSA) is 74.8 Å². The maximum absolute atomic E-state index is 12.3. The Morgan fingerprint density at radius 3 is 2.79 bits per heavy atom. The smallest absolute Gasteiger partial charge is 0.251 e. The monoisotopic (exact) mass is 389 g/mol. The molecule has 0 spiro atoms. The molecule has 0 bridgehead atoms. The molecule has 1 amide bonds. The summed E-state index contributed by atoms with van der Waals surface area (Å²) in [5.41, 5.74) is 3.95. The zero-order valence-corrected chi connectivity index (χ0v) is 16.2. The molecule has 0 aliphatic rings. The van der Waals surface area contributed by atoms with E-state index in [1.165, 1.54) is 0 Å². The number of hydrogen-bond donors (Lipinski definition) is 2. The Kier molecular flexibility index (Phi) is 5.04. The van der Waals surface area contributed by atoms with Crippen LogP contribution in [0.15, 0.2) is 64.8 Å². The van der Waals surface area contributed by atoms with Gasteiger partial charge in [0.2, 0.25) is 5.91 Å². The number of aromatic nitrogens is 2. The van der Waals surface area contributed by atoms with Crippen molar-refractivity contribution in [2.45, 2.75) is 19.8 Å². The van der Waals surface area contributed by atoms with E-state index < -0.39 is 0 Å². The van der Waals surface area contributed by atoms with Crippen LogP contribution in [0.2, 0.25) is 0 Å². The first-order chi connectivity index (χ1) is 13.6. The third-order valence-electron chi connectivity index (χ3n) is 4.50. The van der Waals surface area contributed by atoms with Crippen LogP contribution in [-0.2, 0) is 11.2 Å². The molecule has 0 aliphatic carbocycles. The van der Waals surface area contributed by atoms with E-state index >= 15 is 0 Å². The van der Waals surface area contributed by atoms with Crippen molar-refractivity contribution in [2.75, 3.05) is 5.32 Å². The third kappa shape index (κ3) is 4.02. The summed E-state index contributed by atoms with van der Waals surface area (Å²) in [5.74, 6) is -0.0785. The Morgan fingerprint density at radius 1 is 1.14 bits per heavy atom. The van der Waals surface area contributed by atoms with E-state index in [9.17, 15) is 9.59 Å². The number of carbonyl (C=O) groups excluding carboxylic acids is 1. The molecule has 0 saturated heterocycles. The highest BCUT2D eigenvalue weighted by atomic mass is 32.1. The Labute approximate surface area is 166 Å². The Hall–Kier alpha value is -3.25. The Balaban J connectivity index is 1.40. The predicted molar refractivity (Wildman–Crippen MR) is 114 cm³/mol. The Bertz CT molecular complexity index is 1200. The highest BCUT2D eigenvalue weighted by Crippen LogP contribution is 2.22. The van der Waals surface area contributed by atoms with Crippen molar-refractivity contribution in [1.29, 1.82) is 0 Å². The minimum absolute atomic E-state index is 0.0785. The van der Waals surface area contributed by atoms with Crippen LogP contribution >= 0.6 is 11.3 Å². The van der Waals surface area contributed by atoms with E-state index in [2.05, 4.69) is 15.3 Å². The first-order valence-corrected chi connectivity index (χ1v) is 9.90. The van der Waals surface area contributed by atoms with Gasteiger partial charge in [-0.1, -0.05) is 36.4 Å². The van der Waals surface area contributed by atoms with Gasteiger partial charge in [-0.25, -0.2) is 4.98 Å². The van der Waals surface area contributed by atoms with E-state index in [4.69, 9.17) is 0 Å². The van der Waals surface area contributed by atoms with Gasteiger partial charge in [0.05, 0.1) is 16.2 Å². The molecule has 4 aromatic rings. The predicted octanol–water partition coefficient (Wildman–Crippen LogP) is 4.53. The summed E-state index contributed by atoms with van der Waals surface area (Å²) in [4.78, 5) is 31.5. The van der Waals surface area contributed by atoms with Crippen molar-refractivity contribution >= 4 is 33.8 Å². The molecule has 28 heavy (non-hydrogen) atoms. The summed E-state index contributed by atoms with van der Waals surface area (Å²) in [6, 6.07) is 17.4. The standard InChI is InChI=1S/C22H19N3O2S/c1-14-11-16-7-8-17(12-18(16)25-22(14)27)23-20(26)9-10-21-24-19(13-28-21)15-5-3-2-4-6-15/h2-8,11-13H,9-10H2,1H3,(H,23,26)(H,25,27). The van der Waals surface area contributed by atoms with Gasteiger partial charge in [-0.05, 0) is 30.5 Å². The number of pyridine rings is 1. The van der Waals surface area contributed by atoms with E-state index in [1.807, 2.05) is 53.9 Å². The second kappa shape index (κ2) is 7.78. The molecule has 140 valence electrons. The molecule has 0 aliphatic heterocycles. The number of carbonyl (C=O) groups is 1. The number of aromatic amines is 1. The van der Waals surface area contributed by atoms with Gasteiger partial charge in [0.25, 0.3) is 5.56 Å². The van der Waals surface area contributed by atoms with Crippen molar-refractivity contribution in [3.8, 4) is 11.3 Å². The fourth-order valence-electron chi connectivity index (χ4n) is 3.00. The summed E-state index contributed by atoms with van der Waals surface area (Å²) >= 11 is 1.57. The van der Waals surface area contributed by atoms with Crippen LogP contribution in [-0.4, -0.2) is 15.9 Å². The quantitative estimate of drug-likeness (QED) is 0.526. The maximum atomic E-state index is 12.3. The van der Waals surface area contributed by atoms with E-state index in [0.29, 0.717) is 29.6 Å². The molecule has 4 rings (SSSR count). The summed E-state index contributed by atoms with van der Waals surface area (Å²) < 4.78 is 0. The number of amides is 1. The molecule has 2 aromatic heterocycles. The first kappa shape index (κ1) is 18.1. The van der Waals surface area contributed by atoms with Crippen molar-refractivity contribution in [3.63, 3.8) is 0 Å². The number of benzene rings is 2. The van der Waals surface area contributed by atoms with Gasteiger partial charge >= 0.3 is 0 Å². The van der Waals surface area contributed by atoms with E-state index in [0.717, 1.165) is 21.7 Å². The number of nitrogens with one attached hydrogen (secondary N) is 2. The van der Waals surface area contributed by atoms with Gasteiger partial charge in [0.15, 0.2) is 0 Å². The summed E-state index contributed by atoms with van der Waals surface area (Å²) in [6.45, 7) is 1.77. The van der Waals surface area contributed by atoms with Gasteiger partial charge in [-0.2, -0.15) is 0 Å². The largest absolute Gasteiger partial charge is 0.326 e. The number of aryl methyl sites for hydroxylation is 2. The number of H-pyrrole nitrogens is 1. The van der Waals surface area contributed by atoms with Crippen molar-refractivity contribution < 1.29 is 4.79 Å². The summed E-state index contributed by atoms with van der Waals surface area (Å²) in [7, 11) is 0. The number of fused-ring (bicyclic) bond motifs is 1. The molecule has 0 radical (unpaired) electrons. The van der Waals surface area contributed by atoms with Crippen LogP contribution in [0.5, 0.6) is 0 Å². The molecule has 0 unspecified atom stereocenters. The maximum Gasteiger partial charge on any atom is 0.251 e. The fourth-order valence-corrected chi connectivity index (χ4v) is 3.81. The molecule has 2 aromatic carbocycles. The van der Waals surface area contributed by atoms with Gasteiger partial charge < -0.3 is 10.3 Å². The number of anilines is 1. The lowest BCUT2D eigenvalue weighted by Gasteiger charge is -2.06. The van der Waals surface area contributed by atoms with E-state index in [-0.39, 0.29) is 11.5 Å². The van der Waals surface area contributed by atoms with Crippen molar-refractivity contribution in [3.05, 3.63) is 80.9 Å². The van der Waals surface area contributed by atoms with E-state index in [1.54, 1.807) is 24.3 Å². The highest BCUT2D eigenvalue weighted by molar-refractivity contribution is 7.09. The highest BCUT2D eigenvalue weighted by Gasteiger charge is 2.08. The lowest BCUT2D eigenvalue weighted by Crippen LogP contribution is -2.13. The van der Waals surface area contributed by atoms with Crippen LogP contribution in [0.4, 0.5) is 5.69 Å². The third-order valence-corrected chi connectivity index (χ3v) is 5.41. The van der Waals surface area contributed by atoms with Crippen LogP contribution in [0, 0.1) is 6.92 Å². The minimum Gasteiger partial charge on any atom is -0.326 e. The average molecular weight is 389 g/mol. The van der Waals surface area contributed by atoms with Gasteiger partial charge in [0.1, 0.15) is 0 Å². The van der Waals surface area contributed by atoms with Gasteiger partial charge in [-0.15, -0.1) is 11.3 Å². The summed E-state index contributed by atoms with van der Waals surface area (Å²) in [6.07, 6.45) is 0.942. The molecular weight excluding hydrogens is 370 g/mol. The second-order valence-electron chi connectivity index (χ2n) is 6.62. The van der Waals surface area contributed by atoms with Crippen LogP contribution < -0.4 is 10.9 Å². The molecule has 5 nitrogen and oxygen atoms in total. The molecular formula is C22H19N3O2S. The lowest BCUT2D eigenvalue weighted by molar-refractivity contribution is -0.116.